The van der Waals surface area contributed by atoms with Gasteiger partial charge in [-0.1, -0.05) is 20.8 Å². The minimum atomic E-state index is -0.152. The Labute approximate surface area is 257 Å². The molecule has 0 amide bonds. The molecular weight excluding hydrogens is 524 g/mol. The van der Waals surface area contributed by atoms with Crippen LogP contribution in [0.4, 0.5) is 0 Å². The molecule has 7 heteroatoms. The van der Waals surface area contributed by atoms with Gasteiger partial charge >= 0.3 is 5.97 Å². The van der Waals surface area contributed by atoms with E-state index in [4.69, 9.17) is 10.5 Å². The highest BCUT2D eigenvalue weighted by Gasteiger charge is 2.62. The third-order valence-electron chi connectivity index (χ3n) is 13.0. The van der Waals surface area contributed by atoms with Crippen molar-refractivity contribution in [2.45, 2.75) is 123 Å². The van der Waals surface area contributed by atoms with Gasteiger partial charge in [-0.3, -0.25) is 4.79 Å². The molecule has 4 fully saturated rings. The predicted molar refractivity (Wildman–Crippen MR) is 172 cm³/mol. The molecule has 4 rings (SSSR count). The van der Waals surface area contributed by atoms with Crippen molar-refractivity contribution in [3.05, 3.63) is 0 Å². The van der Waals surface area contributed by atoms with E-state index in [1.54, 1.807) is 0 Å². The van der Waals surface area contributed by atoms with Crippen LogP contribution < -0.4 is 21.7 Å². The Balaban J connectivity index is 1.20. The molecular formula is C35H66N4O3. The Morgan fingerprint density at radius 1 is 0.905 bits per heavy atom. The van der Waals surface area contributed by atoms with Crippen molar-refractivity contribution in [1.29, 1.82) is 0 Å². The fraction of sp³-hybridized carbons (Fsp3) is 0.971. The van der Waals surface area contributed by atoms with E-state index in [1.165, 1.54) is 71.3 Å². The number of carbonyl (C=O) groups excluding carboxylic acids is 1. The first kappa shape index (κ1) is 34.1. The van der Waals surface area contributed by atoms with Gasteiger partial charge in [0.25, 0.3) is 0 Å². The number of aliphatic hydroxyl groups is 1. The van der Waals surface area contributed by atoms with Gasteiger partial charge in [-0.15, -0.1) is 0 Å². The van der Waals surface area contributed by atoms with E-state index in [9.17, 15) is 9.90 Å². The molecule has 0 aliphatic heterocycles. The standard InChI is InChI=1S/C35H66N4O3/c1-25(9-12-32(41)42-4)28-10-11-29-33-30(14-16-35(28,29)3)34(2)15-13-27(23-26(34)24-31(33)40)39-22-8-21-38-19-6-5-18-37-20-7-17-36/h25-31,33,37-40H,5-24,36H2,1-4H3/t25?,26-,27-,28-,29?,30?,31-,33?,34+,35-/m1/s1. The van der Waals surface area contributed by atoms with Crippen LogP contribution in [0.15, 0.2) is 0 Å². The lowest BCUT2D eigenvalue weighted by Gasteiger charge is -2.62. The molecule has 6 N–H and O–H groups in total. The van der Waals surface area contributed by atoms with Crippen LogP contribution in [0.3, 0.4) is 0 Å². The number of fused-ring (bicyclic) bond motifs is 5. The highest BCUT2D eigenvalue weighted by atomic mass is 16.5. The van der Waals surface area contributed by atoms with Crippen LogP contribution in [0.25, 0.3) is 0 Å². The SMILES string of the molecule is COC(=O)CCC(C)[C@H]1CCC2C3C(CC[C@@]21C)[C@@]1(C)CC[C@@H](NCCCNCCCCNCCCN)C[C@@H]1C[C@H]3O. The number of aliphatic hydroxyl groups excluding tert-OH is 1. The van der Waals surface area contributed by atoms with Gasteiger partial charge in [0.15, 0.2) is 0 Å². The fourth-order valence-electron chi connectivity index (χ4n) is 10.5. The summed E-state index contributed by atoms with van der Waals surface area (Å²) in [5.41, 5.74) is 6.21. The largest absolute Gasteiger partial charge is 0.469 e. The van der Waals surface area contributed by atoms with E-state index in [0.29, 0.717) is 58.8 Å². The highest BCUT2D eigenvalue weighted by molar-refractivity contribution is 5.69. The number of ether oxygens (including phenoxy) is 1. The molecule has 0 saturated heterocycles. The molecule has 0 heterocycles. The number of nitrogens with two attached hydrogens (primary N) is 1. The Morgan fingerprint density at radius 3 is 2.29 bits per heavy atom. The van der Waals surface area contributed by atoms with Crippen LogP contribution in [0.5, 0.6) is 0 Å². The summed E-state index contributed by atoms with van der Waals surface area (Å²) in [6.07, 6.45) is 15.9. The Kier molecular flexibility index (Phi) is 13.0. The summed E-state index contributed by atoms with van der Waals surface area (Å²) in [6.45, 7) is 13.7. The van der Waals surface area contributed by atoms with Crippen molar-refractivity contribution in [3.63, 3.8) is 0 Å². The molecule has 0 aromatic rings. The molecule has 0 radical (unpaired) electrons. The van der Waals surface area contributed by atoms with Gasteiger partial charge in [0.05, 0.1) is 13.2 Å². The highest BCUT2D eigenvalue weighted by Crippen LogP contribution is 2.68. The van der Waals surface area contributed by atoms with Crippen molar-refractivity contribution >= 4 is 5.97 Å². The number of rotatable bonds is 17. The quantitative estimate of drug-likeness (QED) is 0.122. The molecule has 42 heavy (non-hydrogen) atoms. The fourth-order valence-corrected chi connectivity index (χ4v) is 10.5. The Morgan fingerprint density at radius 2 is 1.57 bits per heavy atom. The first-order valence-corrected chi connectivity index (χ1v) is 17.8. The van der Waals surface area contributed by atoms with Gasteiger partial charge in [0.2, 0.25) is 0 Å². The van der Waals surface area contributed by atoms with Crippen molar-refractivity contribution in [1.82, 2.24) is 16.0 Å². The molecule has 0 bridgehead atoms. The average Bonchev–Trinajstić information content (AvgIpc) is 3.34. The smallest absolute Gasteiger partial charge is 0.305 e. The van der Waals surface area contributed by atoms with Crippen LogP contribution in [0.1, 0.15) is 111 Å². The molecule has 4 saturated carbocycles. The summed E-state index contributed by atoms with van der Waals surface area (Å²) >= 11 is 0. The Bertz CT molecular complexity index is 828. The molecule has 4 unspecified atom stereocenters. The normalized spacial score (nSPS) is 38.4. The van der Waals surface area contributed by atoms with E-state index in [1.807, 2.05) is 0 Å². The monoisotopic (exact) mass is 591 g/mol. The summed E-state index contributed by atoms with van der Waals surface area (Å²) in [5.74, 6) is 3.49. The number of unbranched alkanes of at least 4 members (excludes halogenated alkanes) is 1. The minimum Gasteiger partial charge on any atom is -0.469 e. The molecule has 4 aliphatic carbocycles. The van der Waals surface area contributed by atoms with Gasteiger partial charge in [-0.05, 0) is 169 Å². The van der Waals surface area contributed by atoms with Gasteiger partial charge in [0.1, 0.15) is 0 Å². The Hall–Kier alpha value is -0.730. The second-order valence-corrected chi connectivity index (χ2v) is 15.2. The first-order valence-electron chi connectivity index (χ1n) is 17.8. The maximum atomic E-state index is 11.8. The second kappa shape index (κ2) is 16.0. The van der Waals surface area contributed by atoms with Crippen molar-refractivity contribution in [2.24, 2.45) is 52.1 Å². The summed E-state index contributed by atoms with van der Waals surface area (Å²) < 4.78 is 4.93. The lowest BCUT2D eigenvalue weighted by atomic mass is 9.43. The maximum absolute atomic E-state index is 11.8. The predicted octanol–water partition coefficient (Wildman–Crippen LogP) is 4.86. The first-order chi connectivity index (χ1) is 20.2. The summed E-state index contributed by atoms with van der Waals surface area (Å²) in [5, 5.41) is 22.7. The van der Waals surface area contributed by atoms with Crippen LogP contribution >= 0.6 is 0 Å². The van der Waals surface area contributed by atoms with Crippen LogP contribution in [0.2, 0.25) is 0 Å². The van der Waals surface area contributed by atoms with E-state index in [0.717, 1.165) is 58.5 Å². The minimum absolute atomic E-state index is 0.0810. The van der Waals surface area contributed by atoms with E-state index in [-0.39, 0.29) is 12.1 Å². The second-order valence-electron chi connectivity index (χ2n) is 15.2. The third kappa shape index (κ3) is 7.91. The average molecular weight is 591 g/mol. The van der Waals surface area contributed by atoms with E-state index in [2.05, 4.69) is 36.7 Å². The number of nitrogens with one attached hydrogen (secondary N) is 3. The lowest BCUT2D eigenvalue weighted by molar-refractivity contribution is -0.167. The molecule has 0 spiro atoms. The lowest BCUT2D eigenvalue weighted by Crippen LogP contribution is -2.59. The number of esters is 1. The van der Waals surface area contributed by atoms with Crippen molar-refractivity contribution in [2.75, 3.05) is 46.4 Å². The van der Waals surface area contributed by atoms with E-state index >= 15 is 0 Å². The zero-order valence-electron chi connectivity index (χ0n) is 27.6. The molecule has 7 nitrogen and oxygen atoms in total. The van der Waals surface area contributed by atoms with Gasteiger partial charge < -0.3 is 31.5 Å². The van der Waals surface area contributed by atoms with Crippen LogP contribution in [0, 0.1) is 46.3 Å². The van der Waals surface area contributed by atoms with Gasteiger partial charge in [-0.2, -0.15) is 0 Å². The number of methoxy groups -OCH3 is 1. The molecule has 4 aliphatic rings. The maximum Gasteiger partial charge on any atom is 0.305 e. The van der Waals surface area contributed by atoms with Crippen LogP contribution in [-0.4, -0.2) is 69.6 Å². The summed E-state index contributed by atoms with van der Waals surface area (Å²) in [7, 11) is 1.50. The van der Waals surface area contributed by atoms with Crippen molar-refractivity contribution < 1.29 is 14.6 Å². The molecule has 0 aromatic carbocycles. The summed E-state index contributed by atoms with van der Waals surface area (Å²) in [4.78, 5) is 11.8. The molecule has 10 atom stereocenters. The zero-order chi connectivity index (χ0) is 30.2. The number of hydrogen-bond acceptors (Lipinski definition) is 7. The zero-order valence-corrected chi connectivity index (χ0v) is 27.6. The number of carbonyl (C=O) groups is 1. The third-order valence-corrected chi connectivity index (χ3v) is 13.0. The van der Waals surface area contributed by atoms with Gasteiger partial charge in [0, 0.05) is 12.5 Å². The molecule has 0 aromatic heterocycles. The van der Waals surface area contributed by atoms with E-state index < -0.39 is 0 Å². The topological polar surface area (TPSA) is 109 Å². The summed E-state index contributed by atoms with van der Waals surface area (Å²) in [6, 6.07) is 0.604. The van der Waals surface area contributed by atoms with Crippen molar-refractivity contribution in [3.8, 4) is 0 Å². The number of hydrogen-bond donors (Lipinski definition) is 5. The molecule has 244 valence electrons. The van der Waals surface area contributed by atoms with Crippen LogP contribution in [-0.2, 0) is 9.53 Å². The van der Waals surface area contributed by atoms with Gasteiger partial charge in [-0.25, -0.2) is 0 Å².